The van der Waals surface area contributed by atoms with Gasteiger partial charge in [0.2, 0.25) is 5.91 Å². The van der Waals surface area contributed by atoms with Crippen molar-refractivity contribution < 1.29 is 9.18 Å². The van der Waals surface area contributed by atoms with Crippen LogP contribution in [0.25, 0.3) is 16.6 Å². The van der Waals surface area contributed by atoms with Crippen LogP contribution in [0, 0.1) is 12.7 Å². The molecule has 7 heteroatoms. The van der Waals surface area contributed by atoms with E-state index in [9.17, 15) is 9.18 Å². The van der Waals surface area contributed by atoms with Crippen LogP contribution in [-0.2, 0) is 11.3 Å². The van der Waals surface area contributed by atoms with Crippen LogP contribution in [0.2, 0.25) is 0 Å². The number of para-hydroxylation sites is 1. The minimum Gasteiger partial charge on any atom is -0.341 e. The zero-order valence-corrected chi connectivity index (χ0v) is 16.4. The second-order valence-corrected chi connectivity index (χ2v) is 7.59. The van der Waals surface area contributed by atoms with E-state index in [4.69, 9.17) is 0 Å². The number of carbonyl (C=O) groups excluding carboxylic acids is 1. The molecule has 28 heavy (non-hydrogen) atoms. The summed E-state index contributed by atoms with van der Waals surface area (Å²) in [6, 6.07) is 16.5. The van der Waals surface area contributed by atoms with Crippen molar-refractivity contribution in [2.75, 3.05) is 12.8 Å². The highest BCUT2D eigenvalue weighted by atomic mass is 32.2. The Labute approximate surface area is 166 Å². The summed E-state index contributed by atoms with van der Waals surface area (Å²) in [6.07, 6.45) is 0. The summed E-state index contributed by atoms with van der Waals surface area (Å²) in [6.45, 7) is 2.28. The first kappa shape index (κ1) is 18.4. The van der Waals surface area contributed by atoms with Gasteiger partial charge in [-0.1, -0.05) is 48.2 Å². The van der Waals surface area contributed by atoms with E-state index in [2.05, 4.69) is 16.3 Å². The lowest BCUT2D eigenvalue weighted by molar-refractivity contribution is -0.127. The number of hydrogen-bond acceptors (Lipinski definition) is 4. The predicted molar refractivity (Wildman–Crippen MR) is 109 cm³/mol. The standard InChI is InChI=1S/C21H19FN4OS/c1-14-11-19-23-24-21(26(19)18-10-6-4-8-16(14)18)28-13-20(27)25(2)12-15-7-3-5-9-17(15)22/h3-11H,12-13H2,1-2H3. The van der Waals surface area contributed by atoms with Crippen LogP contribution < -0.4 is 0 Å². The minimum absolute atomic E-state index is 0.0959. The first-order valence-corrected chi connectivity index (χ1v) is 9.87. The molecule has 2 aromatic heterocycles. The third-order valence-corrected chi connectivity index (χ3v) is 5.60. The number of hydrogen-bond donors (Lipinski definition) is 0. The van der Waals surface area contributed by atoms with E-state index < -0.39 is 0 Å². The first-order chi connectivity index (χ1) is 13.5. The van der Waals surface area contributed by atoms with Crippen LogP contribution in [0.1, 0.15) is 11.1 Å². The Hall–Kier alpha value is -2.93. The Kier molecular flexibility index (Phi) is 5.00. The fourth-order valence-electron chi connectivity index (χ4n) is 3.18. The summed E-state index contributed by atoms with van der Waals surface area (Å²) in [7, 11) is 1.68. The predicted octanol–water partition coefficient (Wildman–Crippen LogP) is 4.08. The molecule has 2 aromatic carbocycles. The Bertz CT molecular complexity index is 1170. The molecule has 0 atom stereocenters. The van der Waals surface area contributed by atoms with Gasteiger partial charge in [-0.2, -0.15) is 0 Å². The van der Waals surface area contributed by atoms with E-state index in [0.717, 1.165) is 22.1 Å². The Morgan fingerprint density at radius 2 is 1.89 bits per heavy atom. The molecule has 0 aliphatic heterocycles. The number of carbonyl (C=O) groups is 1. The quantitative estimate of drug-likeness (QED) is 0.479. The Balaban J connectivity index is 1.53. The highest BCUT2D eigenvalue weighted by Gasteiger charge is 2.16. The van der Waals surface area contributed by atoms with Gasteiger partial charge in [0.05, 0.1) is 11.3 Å². The van der Waals surface area contributed by atoms with Gasteiger partial charge in [0.15, 0.2) is 10.8 Å². The van der Waals surface area contributed by atoms with Crippen molar-refractivity contribution in [1.82, 2.24) is 19.5 Å². The second-order valence-electron chi connectivity index (χ2n) is 6.65. The molecule has 0 aliphatic carbocycles. The third kappa shape index (κ3) is 3.45. The molecule has 0 saturated heterocycles. The van der Waals surface area contributed by atoms with E-state index in [-0.39, 0.29) is 24.0 Å². The van der Waals surface area contributed by atoms with E-state index >= 15 is 0 Å². The molecule has 4 aromatic rings. The molecule has 0 aliphatic rings. The molecule has 0 N–H and O–H groups in total. The molecule has 1 amide bonds. The second kappa shape index (κ2) is 7.59. The molecule has 4 rings (SSSR count). The van der Waals surface area contributed by atoms with Gasteiger partial charge in [0.1, 0.15) is 5.82 Å². The SMILES string of the molecule is Cc1cc2nnc(SCC(=O)N(C)Cc3ccccc3F)n2c2ccccc12. The van der Waals surface area contributed by atoms with Gasteiger partial charge in [0, 0.05) is 24.5 Å². The summed E-state index contributed by atoms with van der Waals surface area (Å²) in [5.41, 5.74) is 3.40. The molecule has 0 radical (unpaired) electrons. The zero-order chi connectivity index (χ0) is 19.7. The largest absolute Gasteiger partial charge is 0.341 e. The maximum Gasteiger partial charge on any atom is 0.233 e. The van der Waals surface area contributed by atoms with Gasteiger partial charge in [-0.3, -0.25) is 9.20 Å². The third-order valence-electron chi connectivity index (χ3n) is 4.69. The van der Waals surface area contributed by atoms with Crippen LogP contribution >= 0.6 is 11.8 Å². The van der Waals surface area contributed by atoms with E-state index in [1.54, 1.807) is 25.2 Å². The van der Waals surface area contributed by atoms with Crippen molar-refractivity contribution in [1.29, 1.82) is 0 Å². The highest BCUT2D eigenvalue weighted by molar-refractivity contribution is 7.99. The van der Waals surface area contributed by atoms with Crippen molar-refractivity contribution >= 4 is 34.2 Å². The van der Waals surface area contributed by atoms with Crippen LogP contribution in [0.5, 0.6) is 0 Å². The van der Waals surface area contributed by atoms with Gasteiger partial charge in [-0.25, -0.2) is 4.39 Å². The van der Waals surface area contributed by atoms with E-state index in [1.165, 1.54) is 22.7 Å². The Morgan fingerprint density at radius 3 is 2.71 bits per heavy atom. The summed E-state index contributed by atoms with van der Waals surface area (Å²) in [5, 5.41) is 10.3. The number of halogens is 1. The molecule has 0 unspecified atom stereocenters. The number of pyridine rings is 1. The number of aryl methyl sites for hydroxylation is 1. The molecule has 142 valence electrons. The number of fused-ring (bicyclic) bond motifs is 3. The van der Waals surface area contributed by atoms with Gasteiger partial charge in [-0.15, -0.1) is 10.2 Å². The van der Waals surface area contributed by atoms with Crippen LogP contribution in [-0.4, -0.2) is 38.2 Å². The highest BCUT2D eigenvalue weighted by Crippen LogP contribution is 2.25. The summed E-state index contributed by atoms with van der Waals surface area (Å²) >= 11 is 1.33. The fourth-order valence-corrected chi connectivity index (χ4v) is 4.07. The number of benzene rings is 2. The number of nitrogens with zero attached hydrogens (tertiary/aromatic N) is 4. The number of thioether (sulfide) groups is 1. The van der Waals surface area contributed by atoms with Gasteiger partial charge >= 0.3 is 0 Å². The summed E-state index contributed by atoms with van der Waals surface area (Å²) in [5.74, 6) is -0.199. The van der Waals surface area contributed by atoms with Crippen molar-refractivity contribution in [2.24, 2.45) is 0 Å². The summed E-state index contributed by atoms with van der Waals surface area (Å²) < 4.78 is 15.8. The zero-order valence-electron chi connectivity index (χ0n) is 15.6. The first-order valence-electron chi connectivity index (χ1n) is 8.88. The van der Waals surface area contributed by atoms with Crippen molar-refractivity contribution in [3.8, 4) is 0 Å². The van der Waals surface area contributed by atoms with Crippen LogP contribution in [0.15, 0.2) is 59.8 Å². The minimum atomic E-state index is -0.305. The smallest absolute Gasteiger partial charge is 0.233 e. The maximum atomic E-state index is 13.8. The van der Waals surface area contributed by atoms with Gasteiger partial charge in [0.25, 0.3) is 0 Å². The number of aromatic nitrogens is 3. The lowest BCUT2D eigenvalue weighted by atomic mass is 10.1. The Morgan fingerprint density at radius 1 is 1.14 bits per heavy atom. The van der Waals surface area contributed by atoms with E-state index in [1.807, 2.05) is 35.6 Å². The lowest BCUT2D eigenvalue weighted by Gasteiger charge is -2.17. The molecule has 5 nitrogen and oxygen atoms in total. The molecule has 2 heterocycles. The van der Waals surface area contributed by atoms with Gasteiger partial charge < -0.3 is 4.90 Å². The van der Waals surface area contributed by atoms with E-state index in [0.29, 0.717) is 10.7 Å². The molecular formula is C21H19FN4OS. The fraction of sp³-hybridized carbons (Fsp3) is 0.190. The molecule has 0 spiro atoms. The maximum absolute atomic E-state index is 13.8. The van der Waals surface area contributed by atoms with Crippen molar-refractivity contribution in [2.45, 2.75) is 18.6 Å². The van der Waals surface area contributed by atoms with Crippen molar-refractivity contribution in [3.63, 3.8) is 0 Å². The lowest BCUT2D eigenvalue weighted by Crippen LogP contribution is -2.28. The van der Waals surface area contributed by atoms with Crippen LogP contribution in [0.3, 0.4) is 0 Å². The monoisotopic (exact) mass is 394 g/mol. The molecule has 0 bridgehead atoms. The average Bonchev–Trinajstić information content (AvgIpc) is 3.11. The van der Waals surface area contributed by atoms with Crippen molar-refractivity contribution in [3.05, 3.63) is 71.5 Å². The van der Waals surface area contributed by atoms with Gasteiger partial charge in [-0.05, 0) is 30.7 Å². The molecule has 0 saturated carbocycles. The average molecular weight is 394 g/mol. The van der Waals surface area contributed by atoms with Crippen LogP contribution in [0.4, 0.5) is 4.39 Å². The number of amides is 1. The number of rotatable bonds is 5. The topological polar surface area (TPSA) is 50.5 Å². The normalized spacial score (nSPS) is 11.2. The molecule has 0 fully saturated rings. The molecular weight excluding hydrogens is 375 g/mol. The summed E-state index contributed by atoms with van der Waals surface area (Å²) in [4.78, 5) is 14.1.